The molecule has 3 heterocycles. The summed E-state index contributed by atoms with van der Waals surface area (Å²) in [6, 6.07) is 5.89. The zero-order valence-electron chi connectivity index (χ0n) is 13.2. The zero-order valence-corrected chi connectivity index (χ0v) is 14.1. The summed E-state index contributed by atoms with van der Waals surface area (Å²) >= 11 is 1.66. The Morgan fingerprint density at radius 2 is 2.35 bits per heavy atom. The molecule has 0 saturated carbocycles. The van der Waals surface area contributed by atoms with Gasteiger partial charge >= 0.3 is 0 Å². The predicted octanol–water partition coefficient (Wildman–Crippen LogP) is 2.60. The highest BCUT2D eigenvalue weighted by atomic mass is 32.1. The molecule has 2 aromatic heterocycles. The molecular formula is C17H21N3O2S. The van der Waals surface area contributed by atoms with E-state index in [1.807, 2.05) is 25.1 Å². The van der Waals surface area contributed by atoms with E-state index in [1.54, 1.807) is 17.5 Å². The molecule has 122 valence electrons. The summed E-state index contributed by atoms with van der Waals surface area (Å²) in [7, 11) is 0. The van der Waals surface area contributed by atoms with Gasteiger partial charge in [0.2, 0.25) is 5.91 Å². The van der Waals surface area contributed by atoms with E-state index >= 15 is 0 Å². The molecule has 1 aliphatic rings. The van der Waals surface area contributed by atoms with Gasteiger partial charge in [-0.1, -0.05) is 0 Å². The summed E-state index contributed by atoms with van der Waals surface area (Å²) in [5.41, 5.74) is 0.844. The topological polar surface area (TPSA) is 64.1 Å². The van der Waals surface area contributed by atoms with E-state index in [9.17, 15) is 4.79 Å². The Morgan fingerprint density at radius 3 is 3.09 bits per heavy atom. The molecule has 0 spiro atoms. The Bertz CT molecular complexity index is 665. The second-order valence-electron chi connectivity index (χ2n) is 5.79. The number of nitrogens with zero attached hydrogens (tertiary/aromatic N) is 2. The molecule has 3 rings (SSSR count). The summed E-state index contributed by atoms with van der Waals surface area (Å²) in [6.07, 6.45) is 4.30. The lowest BCUT2D eigenvalue weighted by molar-refractivity contribution is -0.120. The van der Waals surface area contributed by atoms with Crippen LogP contribution in [-0.2, 0) is 22.5 Å². The van der Waals surface area contributed by atoms with Gasteiger partial charge in [-0.3, -0.25) is 4.79 Å². The van der Waals surface area contributed by atoms with Crippen LogP contribution in [0.25, 0.3) is 0 Å². The number of aryl methyl sites for hydroxylation is 1. The van der Waals surface area contributed by atoms with Gasteiger partial charge in [-0.2, -0.15) is 0 Å². The molecule has 0 unspecified atom stereocenters. The van der Waals surface area contributed by atoms with Crippen molar-refractivity contribution in [1.29, 1.82) is 0 Å². The van der Waals surface area contributed by atoms with Crippen LogP contribution in [0.1, 0.15) is 40.0 Å². The van der Waals surface area contributed by atoms with Gasteiger partial charge in [0, 0.05) is 28.5 Å². The Morgan fingerprint density at radius 1 is 1.43 bits per heavy atom. The van der Waals surface area contributed by atoms with Crippen molar-refractivity contribution in [3.63, 3.8) is 0 Å². The van der Waals surface area contributed by atoms with Crippen LogP contribution in [0.4, 0.5) is 0 Å². The molecule has 0 aromatic carbocycles. The van der Waals surface area contributed by atoms with Crippen molar-refractivity contribution < 1.29 is 9.53 Å². The molecule has 1 fully saturated rings. The van der Waals surface area contributed by atoms with E-state index in [1.165, 1.54) is 4.88 Å². The van der Waals surface area contributed by atoms with Crippen LogP contribution in [0.15, 0.2) is 24.4 Å². The normalized spacial score (nSPS) is 17.9. The van der Waals surface area contributed by atoms with E-state index in [0.29, 0.717) is 19.6 Å². The van der Waals surface area contributed by atoms with Crippen molar-refractivity contribution in [2.24, 2.45) is 0 Å². The standard InChI is InChI=1S/C17H21N3O2S/c1-12-4-5-15(23-12)9-16(21)19-10-14-6-7-18-17(20-14)13-3-2-8-22-11-13/h4-7,13H,2-3,8-11H2,1H3,(H,19,21)/t13-/m0/s1. The maximum absolute atomic E-state index is 12.0. The fourth-order valence-electron chi connectivity index (χ4n) is 2.64. The molecule has 1 amide bonds. The monoisotopic (exact) mass is 331 g/mol. The molecular weight excluding hydrogens is 310 g/mol. The van der Waals surface area contributed by atoms with Gasteiger partial charge in [0.1, 0.15) is 5.82 Å². The van der Waals surface area contributed by atoms with Gasteiger partial charge in [-0.05, 0) is 38.0 Å². The van der Waals surface area contributed by atoms with E-state index in [2.05, 4.69) is 15.3 Å². The number of aromatic nitrogens is 2. The number of thiophene rings is 1. The summed E-state index contributed by atoms with van der Waals surface area (Å²) in [6.45, 7) is 4.00. The number of carbonyl (C=O) groups excluding carboxylic acids is 1. The Balaban J connectivity index is 1.54. The zero-order chi connectivity index (χ0) is 16.1. The number of carbonyl (C=O) groups is 1. The summed E-state index contributed by atoms with van der Waals surface area (Å²) < 4.78 is 5.49. The lowest BCUT2D eigenvalue weighted by Crippen LogP contribution is -2.25. The third kappa shape index (κ3) is 4.59. The molecule has 5 nitrogen and oxygen atoms in total. The molecule has 23 heavy (non-hydrogen) atoms. The van der Waals surface area contributed by atoms with Crippen molar-refractivity contribution in [3.8, 4) is 0 Å². The Labute approximate surface area is 140 Å². The van der Waals surface area contributed by atoms with Crippen LogP contribution < -0.4 is 5.32 Å². The molecule has 1 aliphatic heterocycles. The third-order valence-corrected chi connectivity index (χ3v) is 4.86. The molecule has 1 atom stereocenters. The van der Waals surface area contributed by atoms with Crippen LogP contribution >= 0.6 is 11.3 Å². The maximum atomic E-state index is 12.0. The van der Waals surface area contributed by atoms with Gasteiger partial charge in [0.25, 0.3) is 0 Å². The van der Waals surface area contributed by atoms with Crippen LogP contribution in [0.2, 0.25) is 0 Å². The predicted molar refractivity (Wildman–Crippen MR) is 89.4 cm³/mol. The molecule has 0 aliphatic carbocycles. The van der Waals surface area contributed by atoms with Crippen molar-refractivity contribution >= 4 is 17.2 Å². The van der Waals surface area contributed by atoms with Crippen LogP contribution in [-0.4, -0.2) is 29.1 Å². The number of hydrogen-bond donors (Lipinski definition) is 1. The van der Waals surface area contributed by atoms with Crippen molar-refractivity contribution in [2.75, 3.05) is 13.2 Å². The fourth-order valence-corrected chi connectivity index (χ4v) is 3.53. The number of ether oxygens (including phenoxy) is 1. The van der Waals surface area contributed by atoms with E-state index in [0.717, 1.165) is 35.8 Å². The van der Waals surface area contributed by atoms with Gasteiger partial charge in [-0.25, -0.2) is 9.97 Å². The van der Waals surface area contributed by atoms with Gasteiger partial charge < -0.3 is 10.1 Å². The highest BCUT2D eigenvalue weighted by Crippen LogP contribution is 2.22. The molecule has 1 saturated heterocycles. The number of hydrogen-bond acceptors (Lipinski definition) is 5. The smallest absolute Gasteiger partial charge is 0.225 e. The highest BCUT2D eigenvalue weighted by Gasteiger charge is 2.18. The van der Waals surface area contributed by atoms with E-state index in [4.69, 9.17) is 4.74 Å². The quantitative estimate of drug-likeness (QED) is 0.915. The Kier molecular flexibility index (Phi) is 5.35. The number of amides is 1. The van der Waals surface area contributed by atoms with Gasteiger partial charge in [0.05, 0.1) is 25.3 Å². The van der Waals surface area contributed by atoms with E-state index in [-0.39, 0.29) is 11.8 Å². The van der Waals surface area contributed by atoms with Crippen molar-refractivity contribution in [1.82, 2.24) is 15.3 Å². The molecule has 2 aromatic rings. The second kappa shape index (κ2) is 7.66. The first-order valence-corrected chi connectivity index (χ1v) is 8.74. The van der Waals surface area contributed by atoms with Gasteiger partial charge in [0.15, 0.2) is 0 Å². The fraction of sp³-hybridized carbons (Fsp3) is 0.471. The average molecular weight is 331 g/mol. The first kappa shape index (κ1) is 16.1. The minimum absolute atomic E-state index is 0.0213. The van der Waals surface area contributed by atoms with Crippen LogP contribution in [0.3, 0.4) is 0 Å². The molecule has 1 N–H and O–H groups in total. The van der Waals surface area contributed by atoms with Crippen LogP contribution in [0.5, 0.6) is 0 Å². The summed E-state index contributed by atoms with van der Waals surface area (Å²) in [5, 5.41) is 2.93. The van der Waals surface area contributed by atoms with Gasteiger partial charge in [-0.15, -0.1) is 11.3 Å². The second-order valence-corrected chi connectivity index (χ2v) is 7.16. The first-order valence-electron chi connectivity index (χ1n) is 7.92. The summed E-state index contributed by atoms with van der Waals surface area (Å²) in [5.74, 6) is 1.12. The lowest BCUT2D eigenvalue weighted by Gasteiger charge is -2.20. The summed E-state index contributed by atoms with van der Waals surface area (Å²) in [4.78, 5) is 23.3. The van der Waals surface area contributed by atoms with Crippen LogP contribution in [0, 0.1) is 6.92 Å². The largest absolute Gasteiger partial charge is 0.381 e. The number of nitrogens with one attached hydrogen (secondary N) is 1. The highest BCUT2D eigenvalue weighted by molar-refractivity contribution is 7.12. The van der Waals surface area contributed by atoms with E-state index < -0.39 is 0 Å². The first-order chi connectivity index (χ1) is 11.2. The molecule has 0 bridgehead atoms. The average Bonchev–Trinajstić information content (AvgIpc) is 2.99. The molecule has 0 radical (unpaired) electrons. The Hall–Kier alpha value is -1.79. The number of rotatable bonds is 5. The van der Waals surface area contributed by atoms with Crippen molar-refractivity contribution in [3.05, 3.63) is 45.7 Å². The minimum Gasteiger partial charge on any atom is -0.381 e. The molecule has 6 heteroatoms. The SMILES string of the molecule is Cc1ccc(CC(=O)NCc2ccnc([C@H]3CCCOC3)n2)s1. The third-order valence-electron chi connectivity index (χ3n) is 3.85. The minimum atomic E-state index is 0.0213. The maximum Gasteiger partial charge on any atom is 0.225 e. The lowest BCUT2D eigenvalue weighted by atomic mass is 10.0. The van der Waals surface area contributed by atoms with Crippen molar-refractivity contribution in [2.45, 2.75) is 38.6 Å².